The number of methoxy groups -OCH3 is 1. The number of halogens is 1. The smallest absolute Gasteiger partial charge is 0.213 e. The van der Waals surface area contributed by atoms with E-state index in [0.717, 1.165) is 83.7 Å². The molecule has 0 saturated carbocycles. The Bertz CT molecular complexity index is 1410. The second kappa shape index (κ2) is 10.3. The summed E-state index contributed by atoms with van der Waals surface area (Å²) in [6, 6.07) is 13.6. The Kier molecular flexibility index (Phi) is 6.76. The topological polar surface area (TPSA) is 73.8 Å². The summed E-state index contributed by atoms with van der Waals surface area (Å²) in [6.45, 7) is 5.78. The number of rotatable bonds is 7. The molecule has 4 aromatic rings. The molecule has 2 N–H and O–H groups in total. The van der Waals surface area contributed by atoms with Crippen molar-refractivity contribution in [3.05, 3.63) is 58.6 Å². The van der Waals surface area contributed by atoms with Crippen LogP contribution in [-0.4, -0.2) is 58.2 Å². The van der Waals surface area contributed by atoms with Gasteiger partial charge in [0.2, 0.25) is 5.88 Å². The highest BCUT2D eigenvalue weighted by Crippen LogP contribution is 2.37. The lowest BCUT2D eigenvalue weighted by Crippen LogP contribution is -2.20. The third-order valence-corrected chi connectivity index (χ3v) is 7.72. The Balaban J connectivity index is 1.47. The van der Waals surface area contributed by atoms with Gasteiger partial charge in [0.25, 0.3) is 0 Å². The van der Waals surface area contributed by atoms with Gasteiger partial charge in [-0.2, -0.15) is 0 Å². The van der Waals surface area contributed by atoms with E-state index in [-0.39, 0.29) is 0 Å². The highest BCUT2D eigenvalue weighted by Gasteiger charge is 2.21. The first-order chi connectivity index (χ1) is 18.1. The molecule has 0 amide bonds. The number of likely N-dealkylation sites (tertiary alicyclic amines) is 2. The van der Waals surface area contributed by atoms with E-state index in [2.05, 4.69) is 27.2 Å². The molecule has 6 rings (SSSR count). The van der Waals surface area contributed by atoms with Crippen molar-refractivity contribution in [1.82, 2.24) is 19.8 Å². The monoisotopic (exact) mass is 521 g/mol. The second-order valence-electron chi connectivity index (χ2n) is 10.1. The summed E-state index contributed by atoms with van der Waals surface area (Å²) in [5.41, 5.74) is 5.96. The molecule has 2 aliphatic heterocycles. The Morgan fingerprint density at radius 1 is 0.865 bits per heavy atom. The van der Waals surface area contributed by atoms with Gasteiger partial charge in [-0.15, -0.1) is 0 Å². The number of benzene rings is 2. The van der Waals surface area contributed by atoms with E-state index >= 15 is 0 Å². The predicted octanol–water partition coefficient (Wildman–Crippen LogP) is 6.09. The van der Waals surface area contributed by atoms with Crippen molar-refractivity contribution in [3.8, 4) is 11.6 Å². The quantitative estimate of drug-likeness (QED) is 0.225. The van der Waals surface area contributed by atoms with Crippen LogP contribution >= 0.6 is 11.6 Å². The van der Waals surface area contributed by atoms with Crippen molar-refractivity contribution in [3.63, 3.8) is 0 Å². The van der Waals surface area contributed by atoms with E-state index in [1.54, 1.807) is 7.11 Å². The zero-order chi connectivity index (χ0) is 25.4. The Labute approximate surface area is 222 Å². The molecule has 0 aliphatic carbocycles. The van der Waals surface area contributed by atoms with Crippen LogP contribution in [0.3, 0.4) is 0 Å². The van der Waals surface area contributed by atoms with E-state index in [9.17, 15) is 5.11 Å². The van der Waals surface area contributed by atoms with E-state index < -0.39 is 0 Å². The summed E-state index contributed by atoms with van der Waals surface area (Å²) < 4.78 is 5.43. The fraction of sp³-hybridized carbons (Fsp3) is 0.379. The van der Waals surface area contributed by atoms with Crippen molar-refractivity contribution >= 4 is 44.9 Å². The van der Waals surface area contributed by atoms with Crippen LogP contribution in [-0.2, 0) is 13.1 Å². The number of pyridine rings is 2. The number of ether oxygens (including phenoxy) is 1. The number of nitrogens with one attached hydrogen (secondary N) is 1. The number of aromatic hydroxyl groups is 1. The molecule has 37 heavy (non-hydrogen) atoms. The molecule has 0 unspecified atom stereocenters. The van der Waals surface area contributed by atoms with Gasteiger partial charge < -0.3 is 15.2 Å². The molecule has 0 spiro atoms. The van der Waals surface area contributed by atoms with Gasteiger partial charge in [-0.05, 0) is 88.3 Å². The predicted molar refractivity (Wildman–Crippen MR) is 149 cm³/mol. The maximum Gasteiger partial charge on any atom is 0.213 e. The number of nitrogens with zero attached hydrogens (tertiary/aromatic N) is 4. The number of phenolic OH excluding ortho intramolecular Hbond substituents is 1. The Morgan fingerprint density at radius 2 is 1.51 bits per heavy atom. The summed E-state index contributed by atoms with van der Waals surface area (Å²) >= 11 is 6.32. The van der Waals surface area contributed by atoms with Crippen LogP contribution in [0.1, 0.15) is 36.8 Å². The molecule has 2 aliphatic rings. The van der Waals surface area contributed by atoms with Gasteiger partial charge in [-0.25, -0.2) is 9.97 Å². The van der Waals surface area contributed by atoms with Crippen molar-refractivity contribution in [2.45, 2.75) is 38.8 Å². The molecule has 4 heterocycles. The first kappa shape index (κ1) is 24.2. The third kappa shape index (κ3) is 5.04. The number of fused-ring (bicyclic) bond motifs is 2. The summed E-state index contributed by atoms with van der Waals surface area (Å²) in [4.78, 5) is 14.4. The van der Waals surface area contributed by atoms with Gasteiger partial charge in [-0.3, -0.25) is 9.80 Å². The Hall–Kier alpha value is -3.13. The zero-order valence-corrected chi connectivity index (χ0v) is 21.9. The fourth-order valence-corrected chi connectivity index (χ4v) is 5.76. The van der Waals surface area contributed by atoms with Crippen LogP contribution in [0.15, 0.2) is 42.5 Å². The van der Waals surface area contributed by atoms with Gasteiger partial charge in [-0.1, -0.05) is 11.6 Å². The summed E-state index contributed by atoms with van der Waals surface area (Å²) in [5.74, 6) is 0.946. The number of phenols is 1. The molecule has 0 atom stereocenters. The fourth-order valence-electron chi connectivity index (χ4n) is 5.60. The molecule has 2 aromatic carbocycles. The lowest BCUT2D eigenvalue weighted by atomic mass is 10.1. The molecule has 2 fully saturated rings. The normalized spacial score (nSPS) is 16.7. The van der Waals surface area contributed by atoms with Crippen molar-refractivity contribution in [1.29, 1.82) is 0 Å². The molecular weight excluding hydrogens is 490 g/mol. The molecule has 2 saturated heterocycles. The molecule has 0 bridgehead atoms. The van der Waals surface area contributed by atoms with Crippen LogP contribution in [0.25, 0.3) is 21.9 Å². The maximum atomic E-state index is 11.3. The van der Waals surface area contributed by atoms with Gasteiger partial charge in [0.15, 0.2) is 0 Å². The molecule has 7 nitrogen and oxygen atoms in total. The van der Waals surface area contributed by atoms with Crippen molar-refractivity contribution in [2.75, 3.05) is 38.6 Å². The lowest BCUT2D eigenvalue weighted by Gasteiger charge is -2.22. The van der Waals surface area contributed by atoms with Crippen LogP contribution in [0.5, 0.6) is 11.6 Å². The average molecular weight is 522 g/mol. The highest BCUT2D eigenvalue weighted by atomic mass is 35.5. The van der Waals surface area contributed by atoms with E-state index in [4.69, 9.17) is 26.3 Å². The number of hydrogen-bond donors (Lipinski definition) is 2. The van der Waals surface area contributed by atoms with Gasteiger partial charge >= 0.3 is 0 Å². The molecule has 0 radical (unpaired) electrons. The maximum absolute atomic E-state index is 11.3. The van der Waals surface area contributed by atoms with E-state index in [0.29, 0.717) is 16.7 Å². The molecule has 2 aromatic heterocycles. The highest BCUT2D eigenvalue weighted by molar-refractivity contribution is 6.31. The SMILES string of the molecule is COc1ccc2nc3cc(Cl)ccc3c(Nc3cc([14CH2]N4CCCC4)c(O)c([14CH2]N4CCCC4)c3)c2n1. The van der Waals surface area contributed by atoms with Crippen LogP contribution < -0.4 is 10.1 Å². The minimum absolute atomic E-state index is 0.417. The molecular formula is C29H32ClN5O2. The summed E-state index contributed by atoms with van der Waals surface area (Å²) in [5, 5.41) is 16.5. The minimum atomic E-state index is 0.417. The molecule has 8 heteroatoms. The van der Waals surface area contributed by atoms with Crippen molar-refractivity contribution < 1.29 is 9.84 Å². The molecule has 192 valence electrons. The zero-order valence-electron chi connectivity index (χ0n) is 21.1. The van der Waals surface area contributed by atoms with Gasteiger partial charge in [0.05, 0.1) is 23.8 Å². The Morgan fingerprint density at radius 3 is 2.14 bits per heavy atom. The van der Waals surface area contributed by atoms with Gasteiger partial charge in [0, 0.05) is 46.4 Å². The van der Waals surface area contributed by atoms with Gasteiger partial charge in [0.1, 0.15) is 11.3 Å². The first-order valence-corrected chi connectivity index (χ1v) is 13.5. The lowest BCUT2D eigenvalue weighted by molar-refractivity contribution is 0.312. The average Bonchev–Trinajstić information content (AvgIpc) is 3.61. The van der Waals surface area contributed by atoms with Crippen molar-refractivity contribution in [2.24, 2.45) is 0 Å². The van der Waals surface area contributed by atoms with Crippen LogP contribution in [0.4, 0.5) is 11.4 Å². The largest absolute Gasteiger partial charge is 0.507 e. The number of hydrogen-bond acceptors (Lipinski definition) is 7. The number of anilines is 2. The third-order valence-electron chi connectivity index (χ3n) is 7.49. The summed E-state index contributed by atoms with van der Waals surface area (Å²) in [6.07, 6.45) is 4.85. The van der Waals surface area contributed by atoms with Crippen LogP contribution in [0.2, 0.25) is 5.02 Å². The standard InChI is InChI=1S/C29H32ClN5O2/c1-37-26-9-8-24-28(33-26)27(23-7-6-21(30)16-25(23)32-24)31-22-14-19(17-34-10-2-3-11-34)29(36)20(15-22)18-35-12-4-5-13-35/h6-9,14-16,36H,2-5,10-13,17-18H2,1H3,(H,31,32)/i17+2,18+2. The minimum Gasteiger partial charge on any atom is -0.507 e. The van der Waals surface area contributed by atoms with E-state index in [1.807, 2.05) is 30.3 Å². The summed E-state index contributed by atoms with van der Waals surface area (Å²) in [7, 11) is 1.62. The van der Waals surface area contributed by atoms with Crippen LogP contribution in [0, 0.1) is 0 Å². The second-order valence-corrected chi connectivity index (χ2v) is 10.5. The number of aromatic nitrogens is 2. The van der Waals surface area contributed by atoms with E-state index in [1.165, 1.54) is 25.7 Å². The first-order valence-electron chi connectivity index (χ1n) is 13.1.